The molecule has 1 N–H and O–H groups in total. The van der Waals surface area contributed by atoms with Crippen molar-refractivity contribution in [3.05, 3.63) is 23.3 Å². The van der Waals surface area contributed by atoms with Crippen molar-refractivity contribution in [2.75, 3.05) is 5.88 Å². The van der Waals surface area contributed by atoms with Gasteiger partial charge in [-0.3, -0.25) is 5.10 Å². The van der Waals surface area contributed by atoms with Crippen molar-refractivity contribution in [1.29, 1.82) is 0 Å². The maximum absolute atomic E-state index is 5.95. The Balaban J connectivity index is 2.44. The molecule has 0 radical (unpaired) electrons. The molecule has 2 aromatic heterocycles. The minimum atomic E-state index is 0.402. The lowest BCUT2D eigenvalue weighted by atomic mass is 10.2. The van der Waals surface area contributed by atoms with E-state index in [4.69, 9.17) is 23.2 Å². The predicted molar refractivity (Wildman–Crippen MR) is 61.1 cm³/mol. The van der Waals surface area contributed by atoms with Gasteiger partial charge >= 0.3 is 0 Å². The molecule has 0 aliphatic carbocycles. The zero-order chi connectivity index (χ0) is 10.7. The molecular weight excluding hydrogens is 235 g/mol. The van der Waals surface area contributed by atoms with Gasteiger partial charge in [0.05, 0.1) is 11.1 Å². The Morgan fingerprint density at radius 3 is 3.07 bits per heavy atom. The van der Waals surface area contributed by atoms with Gasteiger partial charge in [-0.25, -0.2) is 9.97 Å². The number of halogens is 2. The number of nitrogens with zero attached hydrogens (tertiary/aromatic N) is 3. The number of H-pyrrole nitrogens is 1. The minimum absolute atomic E-state index is 0.402. The summed E-state index contributed by atoms with van der Waals surface area (Å²) in [5.41, 5.74) is 1.38. The molecule has 0 aromatic carbocycles. The highest BCUT2D eigenvalue weighted by Gasteiger charge is 2.08. The summed E-state index contributed by atoms with van der Waals surface area (Å²) in [4.78, 5) is 7.90. The standard InChI is InChI=1S/C9H8Cl2N4/c10-4-2-1-3-6-7-8(11)12-5-13-9(7)15-14-6/h1,3,5H,2,4H2,(H,12,13,14,15). The number of aromatic amines is 1. The molecule has 78 valence electrons. The Morgan fingerprint density at radius 1 is 1.40 bits per heavy atom. The zero-order valence-corrected chi connectivity index (χ0v) is 9.26. The first-order valence-electron chi connectivity index (χ1n) is 4.40. The summed E-state index contributed by atoms with van der Waals surface area (Å²) >= 11 is 11.5. The number of alkyl halides is 1. The molecule has 0 unspecified atom stereocenters. The number of aromatic nitrogens is 4. The average molecular weight is 243 g/mol. The fourth-order valence-electron chi connectivity index (χ4n) is 1.23. The molecule has 0 fully saturated rings. The number of hydrogen-bond acceptors (Lipinski definition) is 3. The van der Waals surface area contributed by atoms with E-state index in [1.54, 1.807) is 0 Å². The fraction of sp³-hybridized carbons (Fsp3) is 0.222. The van der Waals surface area contributed by atoms with Gasteiger partial charge in [-0.1, -0.05) is 17.7 Å². The van der Waals surface area contributed by atoms with Crippen molar-refractivity contribution in [2.45, 2.75) is 6.42 Å². The fourth-order valence-corrected chi connectivity index (χ4v) is 1.58. The van der Waals surface area contributed by atoms with Crippen LogP contribution in [-0.4, -0.2) is 26.0 Å². The number of nitrogens with one attached hydrogen (secondary N) is 1. The lowest BCUT2D eigenvalue weighted by Gasteiger charge is -1.91. The maximum atomic E-state index is 5.95. The quantitative estimate of drug-likeness (QED) is 0.665. The van der Waals surface area contributed by atoms with Crippen molar-refractivity contribution in [2.24, 2.45) is 0 Å². The van der Waals surface area contributed by atoms with Crippen molar-refractivity contribution in [3.8, 4) is 0 Å². The van der Waals surface area contributed by atoms with Gasteiger partial charge in [-0.05, 0) is 12.5 Å². The molecule has 0 atom stereocenters. The first-order valence-corrected chi connectivity index (χ1v) is 5.31. The average Bonchev–Trinajstić information content (AvgIpc) is 2.63. The molecule has 0 saturated heterocycles. The van der Waals surface area contributed by atoms with Crippen LogP contribution in [0, 0.1) is 0 Å². The van der Waals surface area contributed by atoms with E-state index in [0.717, 1.165) is 17.5 Å². The molecule has 2 aromatic rings. The van der Waals surface area contributed by atoms with Crippen LogP contribution in [0.5, 0.6) is 0 Å². The zero-order valence-electron chi connectivity index (χ0n) is 7.74. The second-order valence-electron chi connectivity index (χ2n) is 2.88. The molecule has 0 saturated carbocycles. The van der Waals surface area contributed by atoms with Gasteiger partial charge in [-0.15, -0.1) is 11.6 Å². The molecule has 0 aliphatic heterocycles. The van der Waals surface area contributed by atoms with Gasteiger partial charge in [0, 0.05) is 5.88 Å². The molecule has 0 aliphatic rings. The van der Waals surface area contributed by atoms with Gasteiger partial charge in [0.1, 0.15) is 11.5 Å². The first kappa shape index (κ1) is 10.4. The summed E-state index contributed by atoms with van der Waals surface area (Å²) in [5.74, 6) is 0.590. The molecule has 0 amide bonds. The monoisotopic (exact) mass is 242 g/mol. The lowest BCUT2D eigenvalue weighted by molar-refractivity contribution is 1.08. The van der Waals surface area contributed by atoms with Crippen LogP contribution in [0.3, 0.4) is 0 Å². The van der Waals surface area contributed by atoms with Gasteiger partial charge in [0.25, 0.3) is 0 Å². The second-order valence-corrected chi connectivity index (χ2v) is 3.62. The van der Waals surface area contributed by atoms with E-state index in [1.807, 2.05) is 12.2 Å². The smallest absolute Gasteiger partial charge is 0.186 e. The first-order chi connectivity index (χ1) is 7.33. The normalized spacial score (nSPS) is 11.6. The van der Waals surface area contributed by atoms with E-state index in [1.165, 1.54) is 6.33 Å². The largest absolute Gasteiger partial charge is 0.276 e. The molecule has 2 heterocycles. The van der Waals surface area contributed by atoms with Crippen molar-refractivity contribution in [3.63, 3.8) is 0 Å². The van der Waals surface area contributed by atoms with Crippen LogP contribution >= 0.6 is 23.2 Å². The van der Waals surface area contributed by atoms with Crippen LogP contribution in [-0.2, 0) is 0 Å². The lowest BCUT2D eigenvalue weighted by Crippen LogP contribution is -1.81. The van der Waals surface area contributed by atoms with E-state index < -0.39 is 0 Å². The van der Waals surface area contributed by atoms with Crippen LogP contribution in [0.2, 0.25) is 5.15 Å². The molecule has 4 nitrogen and oxygen atoms in total. The van der Waals surface area contributed by atoms with Gasteiger partial charge in [-0.2, -0.15) is 5.10 Å². The van der Waals surface area contributed by atoms with Gasteiger partial charge in [0.2, 0.25) is 0 Å². The molecule has 2 rings (SSSR count). The Morgan fingerprint density at radius 2 is 2.27 bits per heavy atom. The Labute approximate surface area is 96.3 Å². The van der Waals surface area contributed by atoms with E-state index in [-0.39, 0.29) is 0 Å². The van der Waals surface area contributed by atoms with Crippen LogP contribution in [0.4, 0.5) is 0 Å². The van der Waals surface area contributed by atoms with Crippen molar-refractivity contribution >= 4 is 40.3 Å². The van der Waals surface area contributed by atoms with Crippen LogP contribution in [0.25, 0.3) is 17.1 Å². The maximum Gasteiger partial charge on any atom is 0.186 e. The van der Waals surface area contributed by atoms with E-state index in [2.05, 4.69) is 20.2 Å². The Hall–Kier alpha value is -1.13. The summed E-state index contributed by atoms with van der Waals surface area (Å²) in [6, 6.07) is 0. The van der Waals surface area contributed by atoms with E-state index >= 15 is 0 Å². The third kappa shape index (κ3) is 2.11. The number of allylic oxidation sites excluding steroid dienone is 1. The predicted octanol–water partition coefficient (Wildman–Crippen LogP) is 2.65. The highest BCUT2D eigenvalue weighted by atomic mass is 35.5. The van der Waals surface area contributed by atoms with Crippen molar-refractivity contribution in [1.82, 2.24) is 20.2 Å². The van der Waals surface area contributed by atoms with Gasteiger partial charge < -0.3 is 0 Å². The minimum Gasteiger partial charge on any atom is -0.276 e. The molecule has 6 heteroatoms. The molecule has 0 bridgehead atoms. The Kier molecular flexibility index (Phi) is 3.18. The highest BCUT2D eigenvalue weighted by Crippen LogP contribution is 2.21. The van der Waals surface area contributed by atoms with Crippen LogP contribution < -0.4 is 0 Å². The molecule has 15 heavy (non-hydrogen) atoms. The summed E-state index contributed by atoms with van der Waals surface area (Å²) in [5, 5.41) is 8.00. The molecular formula is C9H8Cl2N4. The SMILES string of the molecule is ClCCC=Cc1[nH]nc2ncnc(Cl)c12. The number of rotatable bonds is 3. The summed E-state index contributed by atoms with van der Waals surface area (Å²) in [7, 11) is 0. The van der Waals surface area contributed by atoms with Crippen molar-refractivity contribution < 1.29 is 0 Å². The molecule has 0 spiro atoms. The third-order valence-electron chi connectivity index (χ3n) is 1.89. The number of fused-ring (bicyclic) bond motifs is 1. The summed E-state index contributed by atoms with van der Waals surface area (Å²) in [6.07, 6.45) is 6.02. The van der Waals surface area contributed by atoms with E-state index in [9.17, 15) is 0 Å². The summed E-state index contributed by atoms with van der Waals surface area (Å²) in [6.45, 7) is 0. The number of hydrogen-bond donors (Lipinski definition) is 1. The van der Waals surface area contributed by atoms with E-state index in [0.29, 0.717) is 16.7 Å². The topological polar surface area (TPSA) is 54.5 Å². The Bertz CT molecular complexity index is 492. The van der Waals surface area contributed by atoms with Crippen LogP contribution in [0.15, 0.2) is 12.4 Å². The van der Waals surface area contributed by atoms with Crippen LogP contribution in [0.1, 0.15) is 12.1 Å². The highest BCUT2D eigenvalue weighted by molar-refractivity contribution is 6.34. The second kappa shape index (κ2) is 4.59. The third-order valence-corrected chi connectivity index (χ3v) is 2.40. The van der Waals surface area contributed by atoms with Gasteiger partial charge in [0.15, 0.2) is 5.65 Å². The summed E-state index contributed by atoms with van der Waals surface area (Å²) < 4.78 is 0.